The van der Waals surface area contributed by atoms with Gasteiger partial charge in [-0.2, -0.15) is 0 Å². The highest BCUT2D eigenvalue weighted by molar-refractivity contribution is 9.10. The van der Waals surface area contributed by atoms with Gasteiger partial charge in [-0.25, -0.2) is 0 Å². The summed E-state index contributed by atoms with van der Waals surface area (Å²) in [4.78, 5) is 2.44. The number of benzene rings is 1. The number of rotatable bonds is 4. The van der Waals surface area contributed by atoms with Gasteiger partial charge in [0.15, 0.2) is 0 Å². The third kappa shape index (κ3) is 3.85. The molecule has 1 fully saturated rings. The third-order valence-corrected chi connectivity index (χ3v) is 4.02. The lowest BCUT2D eigenvalue weighted by Gasteiger charge is -2.33. The predicted octanol–water partition coefficient (Wildman–Crippen LogP) is 2.78. The second-order valence-electron chi connectivity index (χ2n) is 4.51. The molecule has 1 N–H and O–H groups in total. The van der Waals surface area contributed by atoms with E-state index in [1.54, 1.807) is 0 Å². The number of piperazine rings is 1. The van der Waals surface area contributed by atoms with Crippen LogP contribution in [-0.4, -0.2) is 43.7 Å². The average molecular weight is 334 g/mol. The molecule has 0 spiro atoms. The molecule has 100 valence electrons. The molecule has 0 radical (unpaired) electrons. The van der Waals surface area contributed by atoms with Crippen LogP contribution in [0, 0.1) is 0 Å². The molecule has 0 bridgehead atoms. The molecule has 18 heavy (non-hydrogen) atoms. The van der Waals surface area contributed by atoms with Crippen LogP contribution in [0.5, 0.6) is 5.75 Å². The normalized spacial score (nSPS) is 20.9. The van der Waals surface area contributed by atoms with Crippen molar-refractivity contribution in [3.8, 4) is 5.75 Å². The Kier molecular flexibility index (Phi) is 5.30. The Labute approximate surface area is 122 Å². The molecule has 2 rings (SSSR count). The molecule has 0 unspecified atom stereocenters. The molecular weight excluding hydrogens is 316 g/mol. The molecule has 1 aromatic rings. The Morgan fingerprint density at radius 3 is 3.11 bits per heavy atom. The summed E-state index contributed by atoms with van der Waals surface area (Å²) < 4.78 is 6.68. The van der Waals surface area contributed by atoms with Crippen molar-refractivity contribution in [2.24, 2.45) is 0 Å². The second kappa shape index (κ2) is 6.75. The fourth-order valence-electron chi connectivity index (χ4n) is 2.08. The van der Waals surface area contributed by atoms with Gasteiger partial charge in [0, 0.05) is 37.2 Å². The highest BCUT2D eigenvalue weighted by Gasteiger charge is 2.17. The third-order valence-electron chi connectivity index (χ3n) is 3.17. The van der Waals surface area contributed by atoms with Crippen LogP contribution < -0.4 is 10.1 Å². The van der Waals surface area contributed by atoms with Crippen molar-refractivity contribution >= 4 is 27.5 Å². The molecule has 1 aromatic carbocycles. The first-order valence-electron chi connectivity index (χ1n) is 6.19. The van der Waals surface area contributed by atoms with E-state index in [0.29, 0.717) is 17.7 Å². The summed E-state index contributed by atoms with van der Waals surface area (Å²) in [5.41, 5.74) is 0. The minimum atomic E-state index is 0.580. The first-order chi connectivity index (χ1) is 8.66. The number of nitrogens with zero attached hydrogens (tertiary/aromatic N) is 1. The van der Waals surface area contributed by atoms with Crippen LogP contribution in [0.25, 0.3) is 0 Å². The first-order valence-corrected chi connectivity index (χ1v) is 7.36. The fourth-order valence-corrected chi connectivity index (χ4v) is 2.88. The van der Waals surface area contributed by atoms with Crippen LogP contribution in [0.15, 0.2) is 22.7 Å². The summed E-state index contributed by atoms with van der Waals surface area (Å²) in [6, 6.07) is 6.17. The average Bonchev–Trinajstić information content (AvgIpc) is 2.34. The van der Waals surface area contributed by atoms with E-state index in [4.69, 9.17) is 16.3 Å². The van der Waals surface area contributed by atoms with Gasteiger partial charge in [-0.15, -0.1) is 0 Å². The summed E-state index contributed by atoms with van der Waals surface area (Å²) in [6.07, 6.45) is 0. The van der Waals surface area contributed by atoms with Gasteiger partial charge in [-0.1, -0.05) is 11.6 Å². The highest BCUT2D eigenvalue weighted by Crippen LogP contribution is 2.27. The molecule has 0 aliphatic carbocycles. The van der Waals surface area contributed by atoms with Gasteiger partial charge < -0.3 is 10.1 Å². The van der Waals surface area contributed by atoms with E-state index in [0.717, 1.165) is 36.4 Å². The van der Waals surface area contributed by atoms with E-state index < -0.39 is 0 Å². The quantitative estimate of drug-likeness (QED) is 0.917. The highest BCUT2D eigenvalue weighted by atomic mass is 79.9. The zero-order valence-corrected chi connectivity index (χ0v) is 12.8. The lowest BCUT2D eigenvalue weighted by Crippen LogP contribution is -2.50. The Bertz CT molecular complexity index is 403. The Balaban J connectivity index is 1.81. The molecule has 1 atom stereocenters. The van der Waals surface area contributed by atoms with Gasteiger partial charge in [-0.05, 0) is 41.1 Å². The zero-order chi connectivity index (χ0) is 13.0. The van der Waals surface area contributed by atoms with Gasteiger partial charge in [0.1, 0.15) is 12.4 Å². The monoisotopic (exact) mass is 332 g/mol. The lowest BCUT2D eigenvalue weighted by atomic mass is 10.2. The van der Waals surface area contributed by atoms with Crippen molar-refractivity contribution in [3.05, 3.63) is 27.7 Å². The van der Waals surface area contributed by atoms with Crippen LogP contribution in [0.4, 0.5) is 0 Å². The van der Waals surface area contributed by atoms with Crippen molar-refractivity contribution in [3.63, 3.8) is 0 Å². The predicted molar refractivity (Wildman–Crippen MR) is 78.6 cm³/mol. The van der Waals surface area contributed by atoms with E-state index in [1.165, 1.54) is 0 Å². The lowest BCUT2D eigenvalue weighted by molar-refractivity contribution is 0.143. The Morgan fingerprint density at radius 1 is 1.56 bits per heavy atom. The SMILES string of the molecule is C[C@@H]1CNCCN1CCOc1ccc(Cl)cc1Br. The minimum Gasteiger partial charge on any atom is -0.491 e. The van der Waals surface area contributed by atoms with Crippen molar-refractivity contribution in [2.75, 3.05) is 32.8 Å². The van der Waals surface area contributed by atoms with Crippen molar-refractivity contribution in [2.45, 2.75) is 13.0 Å². The van der Waals surface area contributed by atoms with Crippen LogP contribution in [-0.2, 0) is 0 Å². The largest absolute Gasteiger partial charge is 0.491 e. The fraction of sp³-hybridized carbons (Fsp3) is 0.538. The molecule has 1 aliphatic heterocycles. The van der Waals surface area contributed by atoms with Gasteiger partial charge in [0.05, 0.1) is 4.47 Å². The second-order valence-corrected chi connectivity index (χ2v) is 5.80. The van der Waals surface area contributed by atoms with Crippen molar-refractivity contribution < 1.29 is 4.74 Å². The first kappa shape index (κ1) is 14.1. The maximum absolute atomic E-state index is 5.89. The molecule has 1 aliphatic rings. The Morgan fingerprint density at radius 2 is 2.39 bits per heavy atom. The van der Waals surface area contributed by atoms with E-state index in [1.807, 2.05) is 18.2 Å². The smallest absolute Gasteiger partial charge is 0.133 e. The Hall–Kier alpha value is -0.290. The molecular formula is C13H18BrClN2O. The summed E-state index contributed by atoms with van der Waals surface area (Å²) in [7, 11) is 0. The maximum Gasteiger partial charge on any atom is 0.133 e. The molecule has 5 heteroatoms. The summed E-state index contributed by atoms with van der Waals surface area (Å²) in [5, 5.41) is 4.10. The summed E-state index contributed by atoms with van der Waals surface area (Å²) in [6.45, 7) is 7.11. The topological polar surface area (TPSA) is 24.5 Å². The summed E-state index contributed by atoms with van der Waals surface area (Å²) in [5.74, 6) is 0.849. The number of ether oxygens (including phenoxy) is 1. The summed E-state index contributed by atoms with van der Waals surface area (Å²) >= 11 is 9.34. The number of hydrogen-bond donors (Lipinski definition) is 1. The molecule has 0 aromatic heterocycles. The standard InChI is InChI=1S/C13H18BrClN2O/c1-10-9-16-4-5-17(10)6-7-18-13-3-2-11(15)8-12(13)14/h2-3,8,10,16H,4-7,9H2,1H3/t10-/m1/s1. The molecule has 0 saturated carbocycles. The van der Waals surface area contributed by atoms with Crippen LogP contribution in [0.1, 0.15) is 6.92 Å². The maximum atomic E-state index is 5.89. The van der Waals surface area contributed by atoms with Gasteiger partial charge in [-0.3, -0.25) is 4.90 Å². The van der Waals surface area contributed by atoms with Crippen LogP contribution >= 0.6 is 27.5 Å². The van der Waals surface area contributed by atoms with Crippen LogP contribution in [0.2, 0.25) is 5.02 Å². The molecule has 3 nitrogen and oxygen atoms in total. The number of nitrogens with one attached hydrogen (secondary N) is 1. The van der Waals surface area contributed by atoms with Crippen molar-refractivity contribution in [1.29, 1.82) is 0 Å². The van der Waals surface area contributed by atoms with Crippen LogP contribution in [0.3, 0.4) is 0 Å². The van der Waals surface area contributed by atoms with Gasteiger partial charge in [0.25, 0.3) is 0 Å². The van der Waals surface area contributed by atoms with Gasteiger partial charge in [0.2, 0.25) is 0 Å². The van der Waals surface area contributed by atoms with E-state index in [9.17, 15) is 0 Å². The molecule has 1 heterocycles. The van der Waals surface area contributed by atoms with E-state index in [2.05, 4.69) is 33.1 Å². The zero-order valence-electron chi connectivity index (χ0n) is 10.5. The van der Waals surface area contributed by atoms with E-state index in [-0.39, 0.29) is 0 Å². The molecule has 1 saturated heterocycles. The molecule has 0 amide bonds. The van der Waals surface area contributed by atoms with E-state index >= 15 is 0 Å². The van der Waals surface area contributed by atoms with Crippen molar-refractivity contribution in [1.82, 2.24) is 10.2 Å². The minimum absolute atomic E-state index is 0.580. The van der Waals surface area contributed by atoms with Gasteiger partial charge >= 0.3 is 0 Å². The number of hydrogen-bond acceptors (Lipinski definition) is 3. The number of halogens is 2.